The smallest absolute Gasteiger partial charge is 0.119 e. The summed E-state index contributed by atoms with van der Waals surface area (Å²) < 4.78 is 5.34. The molecule has 1 aliphatic rings. The predicted octanol–water partition coefficient (Wildman–Crippen LogP) is 3.90. The normalized spacial score (nSPS) is 16.9. The van der Waals surface area contributed by atoms with Gasteiger partial charge in [0, 0.05) is 37.4 Å². The minimum Gasteiger partial charge on any atom is -0.497 e. The lowest BCUT2D eigenvalue weighted by atomic mass is 9.99. The van der Waals surface area contributed by atoms with Crippen LogP contribution < -0.4 is 15.4 Å². The van der Waals surface area contributed by atoms with Crippen LogP contribution in [0.1, 0.15) is 31.7 Å². The first-order chi connectivity index (χ1) is 13.2. The molecule has 1 heterocycles. The van der Waals surface area contributed by atoms with Gasteiger partial charge in [-0.25, -0.2) is 0 Å². The Balaban J connectivity index is 1.73. The molecule has 1 atom stereocenters. The van der Waals surface area contributed by atoms with Crippen LogP contribution in [0.3, 0.4) is 0 Å². The lowest BCUT2D eigenvalue weighted by molar-refractivity contribution is 0.154. The number of piperidine rings is 1. The third kappa shape index (κ3) is 5.24. The molecule has 146 valence electrons. The number of anilines is 1. The molecular formula is C23H33N3O. The fourth-order valence-electron chi connectivity index (χ4n) is 4.05. The highest BCUT2D eigenvalue weighted by atomic mass is 16.5. The molecule has 2 aromatic rings. The number of benzene rings is 2. The van der Waals surface area contributed by atoms with E-state index in [1.165, 1.54) is 24.1 Å². The first-order valence-corrected chi connectivity index (χ1v) is 10.1. The molecule has 0 amide bonds. The third-order valence-corrected chi connectivity index (χ3v) is 5.75. The Morgan fingerprint density at radius 3 is 2.33 bits per heavy atom. The van der Waals surface area contributed by atoms with Crippen molar-refractivity contribution in [2.24, 2.45) is 5.73 Å². The highest BCUT2D eigenvalue weighted by Gasteiger charge is 2.27. The fourth-order valence-corrected chi connectivity index (χ4v) is 4.05. The van der Waals surface area contributed by atoms with E-state index in [0.29, 0.717) is 12.1 Å². The van der Waals surface area contributed by atoms with Crippen molar-refractivity contribution in [3.05, 3.63) is 60.2 Å². The second-order valence-electron chi connectivity index (χ2n) is 7.51. The largest absolute Gasteiger partial charge is 0.497 e. The van der Waals surface area contributed by atoms with Gasteiger partial charge in [0.05, 0.1) is 7.11 Å². The van der Waals surface area contributed by atoms with E-state index in [1.807, 2.05) is 0 Å². The summed E-state index contributed by atoms with van der Waals surface area (Å²) in [6.07, 6.45) is 3.46. The fraction of sp³-hybridized carbons (Fsp3) is 0.478. The van der Waals surface area contributed by atoms with E-state index in [2.05, 4.69) is 71.3 Å². The molecule has 4 nitrogen and oxygen atoms in total. The van der Waals surface area contributed by atoms with Crippen molar-refractivity contribution in [3.8, 4) is 5.75 Å². The highest BCUT2D eigenvalue weighted by molar-refractivity contribution is 5.50. The second kappa shape index (κ2) is 9.77. The maximum absolute atomic E-state index is 5.75. The zero-order valence-electron chi connectivity index (χ0n) is 16.7. The Hall–Kier alpha value is -2.04. The van der Waals surface area contributed by atoms with Gasteiger partial charge in [0.25, 0.3) is 0 Å². The molecule has 3 rings (SSSR count). The Morgan fingerprint density at radius 1 is 1.07 bits per heavy atom. The number of hydrogen-bond donors (Lipinski definition) is 1. The number of nitrogens with two attached hydrogens (primary N) is 1. The topological polar surface area (TPSA) is 41.7 Å². The Morgan fingerprint density at radius 2 is 1.74 bits per heavy atom. The van der Waals surface area contributed by atoms with E-state index < -0.39 is 0 Å². The van der Waals surface area contributed by atoms with Crippen molar-refractivity contribution in [1.82, 2.24) is 4.90 Å². The summed E-state index contributed by atoms with van der Waals surface area (Å²) >= 11 is 0. The van der Waals surface area contributed by atoms with Crippen LogP contribution in [0.4, 0.5) is 5.69 Å². The molecular weight excluding hydrogens is 334 g/mol. The highest BCUT2D eigenvalue weighted by Crippen LogP contribution is 2.28. The molecule has 2 N–H and O–H groups in total. The summed E-state index contributed by atoms with van der Waals surface area (Å²) in [5, 5.41) is 0. The number of rotatable bonds is 8. The van der Waals surface area contributed by atoms with Gasteiger partial charge >= 0.3 is 0 Å². The lowest BCUT2D eigenvalue weighted by Gasteiger charge is -2.42. The van der Waals surface area contributed by atoms with Crippen molar-refractivity contribution >= 4 is 5.69 Å². The Labute approximate surface area is 163 Å². The van der Waals surface area contributed by atoms with Gasteiger partial charge in [-0.1, -0.05) is 30.3 Å². The predicted molar refractivity (Wildman–Crippen MR) is 113 cm³/mol. The van der Waals surface area contributed by atoms with Crippen LogP contribution in [-0.2, 0) is 6.54 Å². The molecule has 0 aromatic heterocycles. The lowest BCUT2D eigenvalue weighted by Crippen LogP contribution is -2.47. The molecule has 4 heteroatoms. The van der Waals surface area contributed by atoms with E-state index in [9.17, 15) is 0 Å². The van der Waals surface area contributed by atoms with Crippen molar-refractivity contribution in [2.75, 3.05) is 31.6 Å². The van der Waals surface area contributed by atoms with Gasteiger partial charge in [-0.15, -0.1) is 0 Å². The maximum atomic E-state index is 5.75. The van der Waals surface area contributed by atoms with Crippen LogP contribution in [0.25, 0.3) is 0 Å². The van der Waals surface area contributed by atoms with Crippen molar-refractivity contribution < 1.29 is 4.74 Å². The van der Waals surface area contributed by atoms with Crippen LogP contribution in [0.15, 0.2) is 54.6 Å². The zero-order chi connectivity index (χ0) is 19.1. The summed E-state index contributed by atoms with van der Waals surface area (Å²) in [7, 11) is 1.72. The first kappa shape index (κ1) is 19.7. The summed E-state index contributed by atoms with van der Waals surface area (Å²) in [6.45, 7) is 6.31. The number of ether oxygens (including phenoxy) is 1. The molecule has 1 unspecified atom stereocenters. The molecule has 0 aliphatic carbocycles. The number of hydrogen-bond acceptors (Lipinski definition) is 4. The van der Waals surface area contributed by atoms with Crippen LogP contribution in [-0.4, -0.2) is 43.7 Å². The number of methoxy groups -OCH3 is 1. The van der Waals surface area contributed by atoms with Gasteiger partial charge in [-0.3, -0.25) is 0 Å². The zero-order valence-corrected chi connectivity index (χ0v) is 16.7. The van der Waals surface area contributed by atoms with Crippen molar-refractivity contribution in [1.29, 1.82) is 0 Å². The summed E-state index contributed by atoms with van der Waals surface area (Å²) in [6, 6.07) is 20.4. The van der Waals surface area contributed by atoms with Crippen molar-refractivity contribution in [3.63, 3.8) is 0 Å². The molecule has 0 spiro atoms. The summed E-state index contributed by atoms with van der Waals surface area (Å²) in [5.41, 5.74) is 8.38. The summed E-state index contributed by atoms with van der Waals surface area (Å²) in [5.74, 6) is 0.906. The third-order valence-electron chi connectivity index (χ3n) is 5.75. The minimum atomic E-state index is 0.555. The molecule has 0 saturated carbocycles. The van der Waals surface area contributed by atoms with E-state index in [-0.39, 0.29) is 0 Å². The Bertz CT molecular complexity index is 666. The SMILES string of the molecule is COc1ccc(N(Cc2ccccc2)C2CCN(C(C)CCN)CC2)cc1. The van der Waals surface area contributed by atoms with E-state index in [4.69, 9.17) is 10.5 Å². The molecule has 1 aliphatic heterocycles. The van der Waals surface area contributed by atoms with E-state index in [0.717, 1.165) is 38.3 Å². The van der Waals surface area contributed by atoms with Gasteiger partial charge in [0.2, 0.25) is 0 Å². The number of likely N-dealkylation sites (tertiary alicyclic amines) is 1. The molecule has 27 heavy (non-hydrogen) atoms. The monoisotopic (exact) mass is 367 g/mol. The van der Waals surface area contributed by atoms with E-state index >= 15 is 0 Å². The molecule has 1 fully saturated rings. The Kier molecular flexibility index (Phi) is 7.13. The van der Waals surface area contributed by atoms with Gasteiger partial charge in [-0.05, 0) is 62.6 Å². The average molecular weight is 368 g/mol. The molecule has 1 saturated heterocycles. The van der Waals surface area contributed by atoms with Gasteiger partial charge in [-0.2, -0.15) is 0 Å². The van der Waals surface area contributed by atoms with Gasteiger partial charge in [0.1, 0.15) is 5.75 Å². The van der Waals surface area contributed by atoms with Gasteiger partial charge < -0.3 is 20.3 Å². The summed E-state index contributed by atoms with van der Waals surface area (Å²) in [4.78, 5) is 5.16. The van der Waals surface area contributed by atoms with Crippen LogP contribution in [0, 0.1) is 0 Å². The van der Waals surface area contributed by atoms with E-state index in [1.54, 1.807) is 7.11 Å². The van der Waals surface area contributed by atoms with Crippen LogP contribution >= 0.6 is 0 Å². The van der Waals surface area contributed by atoms with Crippen LogP contribution in [0.5, 0.6) is 5.75 Å². The quantitative estimate of drug-likeness (QED) is 0.768. The minimum absolute atomic E-state index is 0.555. The van der Waals surface area contributed by atoms with Gasteiger partial charge in [0.15, 0.2) is 0 Å². The first-order valence-electron chi connectivity index (χ1n) is 10.1. The van der Waals surface area contributed by atoms with Crippen molar-refractivity contribution in [2.45, 2.75) is 44.8 Å². The molecule has 0 radical (unpaired) electrons. The average Bonchev–Trinajstić information content (AvgIpc) is 2.73. The maximum Gasteiger partial charge on any atom is 0.119 e. The molecule has 0 bridgehead atoms. The van der Waals surface area contributed by atoms with Crippen LogP contribution in [0.2, 0.25) is 0 Å². The molecule has 2 aromatic carbocycles. The second-order valence-corrected chi connectivity index (χ2v) is 7.51. The standard InChI is InChI=1S/C23H33N3O/c1-19(12-15-24)25-16-13-22(14-17-25)26(18-20-6-4-3-5-7-20)21-8-10-23(27-2)11-9-21/h3-11,19,22H,12-18,24H2,1-2H3. The number of nitrogens with zero attached hydrogens (tertiary/aromatic N) is 2.